The van der Waals surface area contributed by atoms with Crippen LogP contribution in [0.3, 0.4) is 0 Å². The summed E-state index contributed by atoms with van der Waals surface area (Å²) < 4.78 is 43.4. The SMILES string of the molecule is COc1cc(OC)c2c(N)c(C(=O)c3ccc(-c4ccc(F)cc4F)cc3)oc2c1. The average Bonchev–Trinajstić information content (AvgIpc) is 3.09. The Balaban J connectivity index is 1.72. The Bertz CT molecular complexity index is 1260. The average molecular weight is 409 g/mol. The van der Waals surface area contributed by atoms with Crippen LogP contribution in [0, 0.1) is 11.6 Å². The molecule has 2 N–H and O–H groups in total. The highest BCUT2D eigenvalue weighted by molar-refractivity contribution is 6.15. The van der Waals surface area contributed by atoms with Crippen LogP contribution in [-0.2, 0) is 0 Å². The molecule has 0 spiro atoms. The van der Waals surface area contributed by atoms with Gasteiger partial charge in [-0.05, 0) is 17.7 Å². The summed E-state index contributed by atoms with van der Waals surface area (Å²) in [6.07, 6.45) is 0. The van der Waals surface area contributed by atoms with Crippen molar-refractivity contribution in [3.63, 3.8) is 0 Å². The number of nitrogens with two attached hydrogens (primary N) is 1. The second kappa shape index (κ2) is 7.51. The lowest BCUT2D eigenvalue weighted by molar-refractivity contribution is 0.101. The molecule has 0 fully saturated rings. The lowest BCUT2D eigenvalue weighted by Gasteiger charge is -2.05. The summed E-state index contributed by atoms with van der Waals surface area (Å²) in [5.41, 5.74) is 7.74. The van der Waals surface area contributed by atoms with Crippen LogP contribution in [0.1, 0.15) is 16.1 Å². The molecule has 0 unspecified atom stereocenters. The molecule has 0 aliphatic rings. The van der Waals surface area contributed by atoms with E-state index in [9.17, 15) is 13.6 Å². The van der Waals surface area contributed by atoms with Crippen LogP contribution >= 0.6 is 0 Å². The van der Waals surface area contributed by atoms with Crippen molar-refractivity contribution in [2.24, 2.45) is 0 Å². The Morgan fingerprint density at radius 3 is 2.33 bits per heavy atom. The van der Waals surface area contributed by atoms with E-state index in [0.717, 1.165) is 6.07 Å². The van der Waals surface area contributed by atoms with Gasteiger partial charge in [-0.25, -0.2) is 8.78 Å². The van der Waals surface area contributed by atoms with Gasteiger partial charge in [-0.15, -0.1) is 0 Å². The molecule has 0 bridgehead atoms. The van der Waals surface area contributed by atoms with Gasteiger partial charge in [0.05, 0.1) is 25.3 Å². The van der Waals surface area contributed by atoms with Gasteiger partial charge in [-0.1, -0.05) is 24.3 Å². The summed E-state index contributed by atoms with van der Waals surface area (Å²) in [5.74, 6) is -0.884. The highest BCUT2D eigenvalue weighted by Gasteiger charge is 2.23. The second-order valence-corrected chi connectivity index (χ2v) is 6.58. The van der Waals surface area contributed by atoms with Gasteiger partial charge in [-0.2, -0.15) is 0 Å². The van der Waals surface area contributed by atoms with Gasteiger partial charge in [0.25, 0.3) is 0 Å². The van der Waals surface area contributed by atoms with Crippen LogP contribution in [0.25, 0.3) is 22.1 Å². The number of carbonyl (C=O) groups excluding carboxylic acids is 1. The summed E-state index contributed by atoms with van der Waals surface area (Å²) in [6.45, 7) is 0. The monoisotopic (exact) mass is 409 g/mol. The Kier molecular flexibility index (Phi) is 4.87. The van der Waals surface area contributed by atoms with Crippen molar-refractivity contribution in [3.05, 3.63) is 77.6 Å². The van der Waals surface area contributed by atoms with Crippen LogP contribution in [0.5, 0.6) is 11.5 Å². The first kappa shape index (κ1) is 19.4. The van der Waals surface area contributed by atoms with Crippen molar-refractivity contribution >= 4 is 22.4 Å². The predicted octanol–water partition coefficient (Wildman–Crippen LogP) is 5.21. The molecule has 5 nitrogen and oxygen atoms in total. The van der Waals surface area contributed by atoms with E-state index < -0.39 is 17.4 Å². The van der Waals surface area contributed by atoms with Crippen molar-refractivity contribution in [3.8, 4) is 22.6 Å². The molecule has 1 aromatic heterocycles. The van der Waals surface area contributed by atoms with Crippen LogP contribution in [-0.4, -0.2) is 20.0 Å². The van der Waals surface area contributed by atoms with E-state index >= 15 is 0 Å². The predicted molar refractivity (Wildman–Crippen MR) is 109 cm³/mol. The second-order valence-electron chi connectivity index (χ2n) is 6.58. The number of ketones is 1. The van der Waals surface area contributed by atoms with E-state index in [-0.39, 0.29) is 17.0 Å². The number of nitrogen functional groups attached to an aromatic ring is 1. The third kappa shape index (κ3) is 3.24. The van der Waals surface area contributed by atoms with Crippen LogP contribution in [0.15, 0.2) is 59.0 Å². The zero-order chi connectivity index (χ0) is 21.4. The van der Waals surface area contributed by atoms with Crippen molar-refractivity contribution in [2.75, 3.05) is 20.0 Å². The first-order valence-corrected chi connectivity index (χ1v) is 8.97. The highest BCUT2D eigenvalue weighted by Crippen LogP contribution is 2.39. The summed E-state index contributed by atoms with van der Waals surface area (Å²) in [5, 5.41) is 0.478. The number of fused-ring (bicyclic) bond motifs is 1. The molecule has 0 saturated carbocycles. The van der Waals surface area contributed by atoms with Crippen LogP contribution < -0.4 is 15.2 Å². The van der Waals surface area contributed by atoms with Crippen LogP contribution in [0.4, 0.5) is 14.5 Å². The zero-order valence-electron chi connectivity index (χ0n) is 16.2. The zero-order valence-corrected chi connectivity index (χ0v) is 16.2. The quantitative estimate of drug-likeness (QED) is 0.458. The van der Waals surface area contributed by atoms with Gasteiger partial charge in [0.2, 0.25) is 5.78 Å². The van der Waals surface area contributed by atoms with Gasteiger partial charge in [-0.3, -0.25) is 4.79 Å². The van der Waals surface area contributed by atoms with Gasteiger partial charge < -0.3 is 19.6 Å². The molecule has 0 amide bonds. The largest absolute Gasteiger partial charge is 0.496 e. The number of methoxy groups -OCH3 is 2. The summed E-state index contributed by atoms with van der Waals surface area (Å²) in [4.78, 5) is 13.0. The topological polar surface area (TPSA) is 74.7 Å². The van der Waals surface area contributed by atoms with Crippen molar-refractivity contribution in [1.82, 2.24) is 0 Å². The highest BCUT2D eigenvalue weighted by atomic mass is 19.1. The Hall–Kier alpha value is -3.87. The van der Waals surface area contributed by atoms with Crippen molar-refractivity contribution in [2.45, 2.75) is 0 Å². The van der Waals surface area contributed by atoms with E-state index in [4.69, 9.17) is 19.6 Å². The number of hydrogen-bond donors (Lipinski definition) is 1. The number of rotatable bonds is 5. The normalized spacial score (nSPS) is 10.9. The molecule has 0 aliphatic carbocycles. The van der Waals surface area contributed by atoms with E-state index in [2.05, 4.69) is 0 Å². The van der Waals surface area contributed by atoms with E-state index in [0.29, 0.717) is 33.6 Å². The first-order chi connectivity index (χ1) is 14.4. The fraction of sp³-hybridized carbons (Fsp3) is 0.0870. The number of ether oxygens (including phenoxy) is 2. The fourth-order valence-electron chi connectivity index (χ4n) is 3.29. The van der Waals surface area contributed by atoms with E-state index in [1.54, 1.807) is 24.3 Å². The lowest BCUT2D eigenvalue weighted by atomic mass is 10.0. The van der Waals surface area contributed by atoms with Crippen LogP contribution in [0.2, 0.25) is 0 Å². The number of carbonyl (C=O) groups is 1. The minimum absolute atomic E-state index is 0.0303. The molecule has 152 valence electrons. The van der Waals surface area contributed by atoms with E-state index in [1.165, 1.54) is 38.5 Å². The molecular weight excluding hydrogens is 392 g/mol. The minimum Gasteiger partial charge on any atom is -0.496 e. The number of furan rings is 1. The molecule has 0 radical (unpaired) electrons. The van der Waals surface area contributed by atoms with Gasteiger partial charge in [0, 0.05) is 29.3 Å². The third-order valence-corrected chi connectivity index (χ3v) is 4.82. The molecular formula is C23H17F2NO4. The number of hydrogen-bond acceptors (Lipinski definition) is 5. The lowest BCUT2D eigenvalue weighted by Crippen LogP contribution is -2.03. The first-order valence-electron chi connectivity index (χ1n) is 8.97. The molecule has 30 heavy (non-hydrogen) atoms. The van der Waals surface area contributed by atoms with E-state index in [1.807, 2.05) is 0 Å². The number of anilines is 1. The Morgan fingerprint density at radius 2 is 1.70 bits per heavy atom. The summed E-state index contributed by atoms with van der Waals surface area (Å²) >= 11 is 0. The Morgan fingerprint density at radius 1 is 0.967 bits per heavy atom. The smallest absolute Gasteiger partial charge is 0.230 e. The molecule has 4 rings (SSSR count). The molecule has 7 heteroatoms. The number of benzene rings is 3. The molecule has 0 aliphatic heterocycles. The maximum absolute atomic E-state index is 14.0. The van der Waals surface area contributed by atoms with Crippen molar-refractivity contribution < 1.29 is 27.5 Å². The summed E-state index contributed by atoms with van der Waals surface area (Å²) in [7, 11) is 2.99. The number of halogens is 2. The van der Waals surface area contributed by atoms with Gasteiger partial charge in [0.15, 0.2) is 5.76 Å². The molecule has 4 aromatic rings. The summed E-state index contributed by atoms with van der Waals surface area (Å²) in [6, 6.07) is 12.8. The third-order valence-electron chi connectivity index (χ3n) is 4.82. The van der Waals surface area contributed by atoms with Crippen molar-refractivity contribution in [1.29, 1.82) is 0 Å². The molecule has 3 aromatic carbocycles. The minimum atomic E-state index is -0.684. The Labute approximate surface area is 170 Å². The molecule has 0 atom stereocenters. The maximum atomic E-state index is 14.0. The molecule has 1 heterocycles. The fourth-order valence-corrected chi connectivity index (χ4v) is 3.29. The standard InChI is InChI=1S/C23H17F2NO4/c1-28-15-10-18(29-2)20-19(11-15)30-23(21(20)26)22(27)13-5-3-12(4-6-13)16-8-7-14(24)9-17(16)25/h3-11H,26H2,1-2H3. The van der Waals surface area contributed by atoms with Gasteiger partial charge in [0.1, 0.15) is 28.7 Å². The maximum Gasteiger partial charge on any atom is 0.230 e. The molecule has 0 saturated heterocycles. The van der Waals surface area contributed by atoms with Gasteiger partial charge >= 0.3 is 0 Å².